The van der Waals surface area contributed by atoms with Crippen LogP contribution in [0.25, 0.3) is 0 Å². The van der Waals surface area contributed by atoms with Crippen LogP contribution in [0, 0.1) is 11.8 Å². The summed E-state index contributed by atoms with van der Waals surface area (Å²) in [4.78, 5) is 0. The van der Waals surface area contributed by atoms with Crippen molar-refractivity contribution >= 4 is 0 Å². The lowest BCUT2D eigenvalue weighted by Crippen LogP contribution is -1.98. The van der Waals surface area contributed by atoms with E-state index in [1.807, 2.05) is 0 Å². The molecule has 0 unspecified atom stereocenters. The highest BCUT2D eigenvalue weighted by Gasteiger charge is 2.35. The summed E-state index contributed by atoms with van der Waals surface area (Å²) in [6, 6.07) is 0. The standard InChI is InChI=1S/C10H17N/c11-7-1-2-10(8-3-4-8)9-5-6-9/h2,8-9H,1,3-7,11H2. The molecule has 2 fully saturated rings. The molecule has 0 bridgehead atoms. The van der Waals surface area contributed by atoms with Crippen molar-refractivity contribution in [3.8, 4) is 0 Å². The molecule has 0 radical (unpaired) electrons. The average Bonchev–Trinajstić information content (AvgIpc) is 2.85. The van der Waals surface area contributed by atoms with Crippen molar-refractivity contribution in [3.05, 3.63) is 11.6 Å². The van der Waals surface area contributed by atoms with Gasteiger partial charge in [0.05, 0.1) is 0 Å². The molecule has 0 heterocycles. The second-order valence-electron chi connectivity index (χ2n) is 3.83. The Morgan fingerprint density at radius 3 is 2.09 bits per heavy atom. The highest BCUT2D eigenvalue weighted by Crippen LogP contribution is 2.48. The Bertz CT molecular complexity index is 150. The van der Waals surface area contributed by atoms with Crippen LogP contribution in [0.15, 0.2) is 11.6 Å². The zero-order valence-electron chi connectivity index (χ0n) is 7.05. The first-order chi connectivity index (χ1) is 5.42. The van der Waals surface area contributed by atoms with Gasteiger partial charge in [-0.3, -0.25) is 0 Å². The van der Waals surface area contributed by atoms with Crippen molar-refractivity contribution in [1.29, 1.82) is 0 Å². The third-order valence-corrected chi connectivity index (χ3v) is 2.64. The molecule has 1 nitrogen and oxygen atoms in total. The predicted molar refractivity (Wildman–Crippen MR) is 47.2 cm³/mol. The summed E-state index contributed by atoms with van der Waals surface area (Å²) in [6.07, 6.45) is 9.32. The highest BCUT2D eigenvalue weighted by molar-refractivity contribution is 5.20. The average molecular weight is 151 g/mol. The molecule has 2 rings (SSSR count). The quantitative estimate of drug-likeness (QED) is 0.612. The summed E-state index contributed by atoms with van der Waals surface area (Å²) in [6.45, 7) is 0.822. The summed E-state index contributed by atoms with van der Waals surface area (Å²) in [5.74, 6) is 1.96. The second kappa shape index (κ2) is 2.98. The van der Waals surface area contributed by atoms with Crippen LogP contribution in [0.1, 0.15) is 32.1 Å². The largest absolute Gasteiger partial charge is 0.330 e. The van der Waals surface area contributed by atoms with Crippen molar-refractivity contribution < 1.29 is 0 Å². The first-order valence-electron chi connectivity index (χ1n) is 4.82. The van der Waals surface area contributed by atoms with Crippen LogP contribution in [0.3, 0.4) is 0 Å². The Hall–Kier alpha value is -0.300. The molecule has 0 atom stereocenters. The number of nitrogens with two attached hydrogens (primary N) is 1. The summed E-state index contributed by atoms with van der Waals surface area (Å²) < 4.78 is 0. The molecule has 0 aromatic heterocycles. The van der Waals surface area contributed by atoms with Gasteiger partial charge in [-0.1, -0.05) is 11.6 Å². The maximum atomic E-state index is 5.47. The first-order valence-corrected chi connectivity index (χ1v) is 4.82. The third kappa shape index (κ3) is 1.84. The molecule has 0 aliphatic heterocycles. The van der Waals surface area contributed by atoms with E-state index < -0.39 is 0 Å². The number of rotatable bonds is 4. The molecule has 2 aliphatic carbocycles. The number of hydrogen-bond acceptors (Lipinski definition) is 1. The van der Waals surface area contributed by atoms with Gasteiger partial charge in [-0.15, -0.1) is 0 Å². The summed E-state index contributed by atoms with van der Waals surface area (Å²) >= 11 is 0. The Labute approximate surface area is 68.7 Å². The lowest BCUT2D eigenvalue weighted by molar-refractivity contribution is 0.833. The molecular formula is C10H17N. The maximum absolute atomic E-state index is 5.47. The zero-order valence-corrected chi connectivity index (χ0v) is 7.05. The Morgan fingerprint density at radius 1 is 1.18 bits per heavy atom. The molecule has 1 heteroatoms. The van der Waals surface area contributed by atoms with Gasteiger partial charge in [0.15, 0.2) is 0 Å². The van der Waals surface area contributed by atoms with Crippen LogP contribution in [0.2, 0.25) is 0 Å². The Kier molecular flexibility index (Phi) is 1.99. The molecule has 0 amide bonds. The van der Waals surface area contributed by atoms with Crippen molar-refractivity contribution in [3.63, 3.8) is 0 Å². The van der Waals surface area contributed by atoms with E-state index in [9.17, 15) is 0 Å². The molecule has 0 spiro atoms. The van der Waals surface area contributed by atoms with Gasteiger partial charge >= 0.3 is 0 Å². The Morgan fingerprint density at radius 2 is 1.73 bits per heavy atom. The maximum Gasteiger partial charge on any atom is -0.00425 e. The van der Waals surface area contributed by atoms with Gasteiger partial charge in [-0.2, -0.15) is 0 Å². The molecule has 2 saturated carbocycles. The highest BCUT2D eigenvalue weighted by atomic mass is 14.5. The van der Waals surface area contributed by atoms with Crippen molar-refractivity contribution in [2.75, 3.05) is 6.54 Å². The summed E-state index contributed by atoms with van der Waals surface area (Å²) in [7, 11) is 0. The van der Waals surface area contributed by atoms with E-state index in [0.29, 0.717) is 0 Å². The fourth-order valence-corrected chi connectivity index (χ4v) is 1.75. The molecule has 0 aromatic rings. The van der Waals surface area contributed by atoms with E-state index in [1.54, 1.807) is 5.57 Å². The van der Waals surface area contributed by atoms with Crippen molar-refractivity contribution in [2.45, 2.75) is 32.1 Å². The molecule has 2 aliphatic rings. The van der Waals surface area contributed by atoms with Crippen LogP contribution in [0.4, 0.5) is 0 Å². The minimum atomic E-state index is 0.822. The summed E-state index contributed by atoms with van der Waals surface area (Å²) in [5, 5.41) is 0. The van der Waals surface area contributed by atoms with E-state index in [-0.39, 0.29) is 0 Å². The van der Waals surface area contributed by atoms with Crippen molar-refractivity contribution in [2.24, 2.45) is 17.6 Å². The fraction of sp³-hybridized carbons (Fsp3) is 0.800. The van der Waals surface area contributed by atoms with Gasteiger partial charge in [0, 0.05) is 0 Å². The minimum Gasteiger partial charge on any atom is -0.330 e. The monoisotopic (exact) mass is 151 g/mol. The topological polar surface area (TPSA) is 26.0 Å². The van der Waals surface area contributed by atoms with Gasteiger partial charge in [0.2, 0.25) is 0 Å². The van der Waals surface area contributed by atoms with Gasteiger partial charge < -0.3 is 5.73 Å². The SMILES string of the molecule is NCCC=C(C1CC1)C1CC1. The van der Waals surface area contributed by atoms with Crippen LogP contribution < -0.4 is 5.73 Å². The van der Waals surface area contributed by atoms with Crippen LogP contribution in [-0.2, 0) is 0 Å². The zero-order chi connectivity index (χ0) is 7.68. The Balaban J connectivity index is 1.90. The van der Waals surface area contributed by atoms with Crippen LogP contribution >= 0.6 is 0 Å². The van der Waals surface area contributed by atoms with Gasteiger partial charge in [-0.25, -0.2) is 0 Å². The summed E-state index contributed by atoms with van der Waals surface area (Å²) in [5.41, 5.74) is 7.23. The molecule has 0 aromatic carbocycles. The number of allylic oxidation sites excluding steroid dienone is 1. The van der Waals surface area contributed by atoms with E-state index in [2.05, 4.69) is 6.08 Å². The van der Waals surface area contributed by atoms with Gasteiger partial charge in [0.1, 0.15) is 0 Å². The second-order valence-corrected chi connectivity index (χ2v) is 3.83. The van der Waals surface area contributed by atoms with E-state index in [4.69, 9.17) is 5.73 Å². The molecule has 0 saturated heterocycles. The van der Waals surface area contributed by atoms with Gasteiger partial charge in [0.25, 0.3) is 0 Å². The number of hydrogen-bond donors (Lipinski definition) is 1. The first kappa shape index (κ1) is 7.35. The molecule has 2 N–H and O–H groups in total. The predicted octanol–water partition coefficient (Wildman–Crippen LogP) is 2.08. The lowest BCUT2D eigenvalue weighted by atomic mass is 10.1. The van der Waals surface area contributed by atoms with E-state index in [0.717, 1.165) is 24.8 Å². The normalized spacial score (nSPS) is 23.4. The van der Waals surface area contributed by atoms with E-state index in [1.165, 1.54) is 25.7 Å². The van der Waals surface area contributed by atoms with Crippen LogP contribution in [-0.4, -0.2) is 6.54 Å². The van der Waals surface area contributed by atoms with Gasteiger partial charge in [-0.05, 0) is 50.5 Å². The van der Waals surface area contributed by atoms with E-state index >= 15 is 0 Å². The van der Waals surface area contributed by atoms with Crippen molar-refractivity contribution in [1.82, 2.24) is 0 Å². The third-order valence-electron chi connectivity index (χ3n) is 2.64. The smallest absolute Gasteiger partial charge is 0.00425 e. The lowest BCUT2D eigenvalue weighted by Gasteiger charge is -2.01. The van der Waals surface area contributed by atoms with Crippen LogP contribution in [0.5, 0.6) is 0 Å². The minimum absolute atomic E-state index is 0.822. The molecule has 62 valence electrons. The fourth-order valence-electron chi connectivity index (χ4n) is 1.75. The molecular weight excluding hydrogens is 134 g/mol. The molecule has 11 heavy (non-hydrogen) atoms.